The summed E-state index contributed by atoms with van der Waals surface area (Å²) < 4.78 is 12.5. The Hall–Kier alpha value is -2.94. The van der Waals surface area contributed by atoms with Crippen LogP contribution < -0.4 is 10.6 Å². The average molecular weight is 466 g/mol. The third kappa shape index (κ3) is 5.58. The van der Waals surface area contributed by atoms with Gasteiger partial charge in [-0.3, -0.25) is 10.2 Å². The van der Waals surface area contributed by atoms with Gasteiger partial charge in [0, 0.05) is 45.3 Å². The van der Waals surface area contributed by atoms with E-state index in [0.29, 0.717) is 19.0 Å². The number of carbonyl (C=O) groups excluding carboxylic acids is 1. The Labute approximate surface area is 201 Å². The highest BCUT2D eigenvalue weighted by molar-refractivity contribution is 5.89. The van der Waals surface area contributed by atoms with Crippen molar-refractivity contribution in [3.05, 3.63) is 71.5 Å². The quantitative estimate of drug-likeness (QED) is 0.591. The number of aromatic nitrogens is 2. The summed E-state index contributed by atoms with van der Waals surface area (Å²) in [6.45, 7) is 5.54. The van der Waals surface area contributed by atoms with Crippen LogP contribution >= 0.6 is 0 Å². The molecule has 34 heavy (non-hydrogen) atoms. The lowest BCUT2D eigenvalue weighted by atomic mass is 9.94. The molecule has 0 spiro atoms. The van der Waals surface area contributed by atoms with Gasteiger partial charge in [0.25, 0.3) is 0 Å². The second-order valence-corrected chi connectivity index (χ2v) is 8.89. The van der Waals surface area contributed by atoms with Gasteiger partial charge in [0.05, 0.1) is 31.0 Å². The maximum absolute atomic E-state index is 13.3. The number of rotatable bonds is 9. The molecule has 1 aromatic heterocycles. The van der Waals surface area contributed by atoms with Crippen LogP contribution in [0.25, 0.3) is 0 Å². The predicted octanol–water partition coefficient (Wildman–Crippen LogP) is 3.63. The van der Waals surface area contributed by atoms with Gasteiger partial charge < -0.3 is 14.8 Å². The van der Waals surface area contributed by atoms with Gasteiger partial charge in [0.2, 0.25) is 0 Å². The van der Waals surface area contributed by atoms with Gasteiger partial charge in [-0.1, -0.05) is 54.6 Å². The van der Waals surface area contributed by atoms with Crippen molar-refractivity contribution in [3.63, 3.8) is 0 Å². The van der Waals surface area contributed by atoms with Gasteiger partial charge in [-0.05, 0) is 18.9 Å². The second kappa shape index (κ2) is 11.5. The van der Waals surface area contributed by atoms with Crippen molar-refractivity contribution >= 4 is 11.8 Å². The van der Waals surface area contributed by atoms with E-state index in [1.807, 2.05) is 29.8 Å². The van der Waals surface area contributed by atoms with Crippen molar-refractivity contribution in [2.24, 2.45) is 0 Å². The van der Waals surface area contributed by atoms with Crippen LogP contribution in [0.2, 0.25) is 0 Å². The molecule has 0 saturated carbocycles. The zero-order valence-electron chi connectivity index (χ0n) is 20.2. The summed E-state index contributed by atoms with van der Waals surface area (Å²) in [4.78, 5) is 15.6. The number of ether oxygens (including phenoxy) is 2. The molecule has 8 nitrogen and oxygen atoms in total. The van der Waals surface area contributed by atoms with Gasteiger partial charge in [-0.2, -0.15) is 5.10 Å². The Bertz CT molecular complexity index is 1020. The number of methoxy groups -OCH3 is 2. The number of amides is 2. The van der Waals surface area contributed by atoms with E-state index in [-0.39, 0.29) is 24.0 Å². The number of nitrogens with zero attached hydrogens (tertiary/aromatic N) is 3. The van der Waals surface area contributed by atoms with E-state index in [1.54, 1.807) is 14.2 Å². The van der Waals surface area contributed by atoms with Crippen molar-refractivity contribution in [1.29, 1.82) is 0 Å². The lowest BCUT2D eigenvalue weighted by molar-refractivity contribution is 0.159. The minimum Gasteiger partial charge on any atom is -0.383 e. The maximum atomic E-state index is 13.3. The molecule has 4 rings (SSSR count). The second-order valence-electron chi connectivity index (χ2n) is 8.89. The highest BCUT2D eigenvalue weighted by Crippen LogP contribution is 2.29. The number of carbonyl (C=O) groups is 1. The third-order valence-corrected chi connectivity index (χ3v) is 6.58. The van der Waals surface area contributed by atoms with E-state index in [1.165, 1.54) is 5.56 Å². The summed E-state index contributed by atoms with van der Waals surface area (Å²) in [5.74, 6) is 0.922. The zero-order valence-corrected chi connectivity index (χ0v) is 20.2. The van der Waals surface area contributed by atoms with Gasteiger partial charge >= 0.3 is 6.03 Å². The Balaban J connectivity index is 1.51. The van der Waals surface area contributed by atoms with Crippen LogP contribution in [0, 0.1) is 6.92 Å². The first-order valence-electron chi connectivity index (χ1n) is 11.8. The molecule has 2 heterocycles. The first-order chi connectivity index (χ1) is 16.6. The largest absolute Gasteiger partial charge is 0.383 e. The number of anilines is 1. The SMILES string of the molecule is COCCN1C[C@@H](NC(=O)Nc2c(C)c(COC)nn2C2C=CC=CC2)[C@H](c2ccccc2)C1. The van der Waals surface area contributed by atoms with E-state index in [4.69, 9.17) is 14.6 Å². The molecule has 182 valence electrons. The third-order valence-electron chi connectivity index (χ3n) is 6.58. The fourth-order valence-electron chi connectivity index (χ4n) is 4.76. The Morgan fingerprint density at radius 2 is 1.97 bits per heavy atom. The average Bonchev–Trinajstić information content (AvgIpc) is 3.40. The maximum Gasteiger partial charge on any atom is 0.320 e. The van der Waals surface area contributed by atoms with Crippen LogP contribution in [0.15, 0.2) is 54.6 Å². The topological polar surface area (TPSA) is 80.7 Å². The van der Waals surface area contributed by atoms with Gasteiger partial charge in [0.1, 0.15) is 5.82 Å². The first-order valence-corrected chi connectivity index (χ1v) is 11.8. The summed E-state index contributed by atoms with van der Waals surface area (Å²) in [7, 11) is 3.37. The molecule has 1 aliphatic carbocycles. The van der Waals surface area contributed by atoms with E-state index < -0.39 is 0 Å². The minimum absolute atomic E-state index is 0.00751. The molecule has 0 bridgehead atoms. The number of hydrogen-bond donors (Lipinski definition) is 2. The van der Waals surface area contributed by atoms with Crippen molar-refractivity contribution in [2.45, 2.75) is 38.0 Å². The van der Waals surface area contributed by atoms with E-state index in [9.17, 15) is 4.79 Å². The molecule has 2 amide bonds. The Morgan fingerprint density at radius 1 is 1.15 bits per heavy atom. The highest BCUT2D eigenvalue weighted by Gasteiger charge is 2.35. The Kier molecular flexibility index (Phi) is 8.16. The summed E-state index contributed by atoms with van der Waals surface area (Å²) in [5.41, 5.74) is 2.98. The normalized spacial score (nSPS) is 22.3. The number of urea groups is 1. The van der Waals surface area contributed by atoms with Gasteiger partial charge in [0.15, 0.2) is 0 Å². The summed E-state index contributed by atoms with van der Waals surface area (Å²) in [5, 5.41) is 11.1. The number of likely N-dealkylation sites (tertiary alicyclic amines) is 1. The zero-order chi connectivity index (χ0) is 23.9. The number of allylic oxidation sites excluding steroid dienone is 4. The van der Waals surface area contributed by atoms with E-state index >= 15 is 0 Å². The summed E-state index contributed by atoms with van der Waals surface area (Å²) >= 11 is 0. The molecule has 1 saturated heterocycles. The van der Waals surface area contributed by atoms with Crippen molar-refractivity contribution in [3.8, 4) is 0 Å². The molecule has 3 atom stereocenters. The molecule has 8 heteroatoms. The van der Waals surface area contributed by atoms with Crippen molar-refractivity contribution < 1.29 is 14.3 Å². The van der Waals surface area contributed by atoms with Gasteiger partial charge in [-0.15, -0.1) is 0 Å². The number of nitrogens with one attached hydrogen (secondary N) is 2. The van der Waals surface area contributed by atoms with Crippen LogP contribution in [0.3, 0.4) is 0 Å². The number of benzene rings is 1. The fourth-order valence-corrected chi connectivity index (χ4v) is 4.76. The van der Waals surface area contributed by atoms with Crippen LogP contribution in [0.5, 0.6) is 0 Å². The smallest absolute Gasteiger partial charge is 0.320 e. The van der Waals surface area contributed by atoms with Crippen LogP contribution in [-0.2, 0) is 16.1 Å². The molecule has 1 unspecified atom stereocenters. The molecule has 1 fully saturated rings. The lowest BCUT2D eigenvalue weighted by Gasteiger charge is -2.22. The van der Waals surface area contributed by atoms with Crippen LogP contribution in [-0.4, -0.2) is 67.2 Å². The Morgan fingerprint density at radius 3 is 2.68 bits per heavy atom. The summed E-state index contributed by atoms with van der Waals surface area (Å²) in [6, 6.07) is 10.2. The molecule has 2 aromatic rings. The van der Waals surface area contributed by atoms with Gasteiger partial charge in [-0.25, -0.2) is 9.48 Å². The molecule has 0 radical (unpaired) electrons. The molecule has 1 aromatic carbocycles. The lowest BCUT2D eigenvalue weighted by Crippen LogP contribution is -2.42. The predicted molar refractivity (Wildman–Crippen MR) is 133 cm³/mol. The van der Waals surface area contributed by atoms with Crippen molar-refractivity contribution in [2.75, 3.05) is 45.8 Å². The monoisotopic (exact) mass is 465 g/mol. The van der Waals surface area contributed by atoms with Crippen LogP contribution in [0.1, 0.15) is 35.2 Å². The molecule has 2 N–H and O–H groups in total. The highest BCUT2D eigenvalue weighted by atomic mass is 16.5. The van der Waals surface area contributed by atoms with Crippen molar-refractivity contribution in [1.82, 2.24) is 20.0 Å². The van der Waals surface area contributed by atoms with E-state index in [0.717, 1.165) is 37.3 Å². The number of hydrogen-bond acceptors (Lipinski definition) is 5. The standard InChI is InChI=1S/C26H35N5O3/c1-19-24(18-34-3)29-31(21-12-8-5-9-13-21)25(19)28-26(32)27-23-17-30(14-15-33-2)16-22(23)20-10-6-4-7-11-20/h4-12,21-23H,13-18H2,1-3H3,(H2,27,28,32)/t21?,22-,23+/m0/s1. The molecular weight excluding hydrogens is 430 g/mol. The molecule has 2 aliphatic rings. The molecular formula is C26H35N5O3. The summed E-state index contributed by atoms with van der Waals surface area (Å²) in [6.07, 6.45) is 9.08. The van der Waals surface area contributed by atoms with Crippen LogP contribution in [0.4, 0.5) is 10.6 Å². The minimum atomic E-state index is -0.219. The van der Waals surface area contributed by atoms with E-state index in [2.05, 4.69) is 52.0 Å². The first kappa shape index (κ1) is 24.2. The fraction of sp³-hybridized carbons (Fsp3) is 0.462. The molecule has 1 aliphatic heterocycles.